The lowest BCUT2D eigenvalue weighted by Gasteiger charge is -2.29. The van der Waals surface area contributed by atoms with Crippen LogP contribution in [-0.2, 0) is 11.3 Å². The maximum absolute atomic E-state index is 5.68. The Labute approximate surface area is 95.8 Å². The van der Waals surface area contributed by atoms with Gasteiger partial charge in [-0.25, -0.2) is 9.97 Å². The highest BCUT2D eigenvalue weighted by atomic mass is 16.5. The molecule has 2 heterocycles. The second kappa shape index (κ2) is 5.34. The topological polar surface area (TPSA) is 50.3 Å². The zero-order chi connectivity index (χ0) is 11.4. The number of nitrogens with one attached hydrogen (secondary N) is 1. The van der Waals surface area contributed by atoms with E-state index in [2.05, 4.69) is 27.2 Å². The molecule has 1 N–H and O–H groups in total. The predicted molar refractivity (Wildman–Crippen MR) is 61.0 cm³/mol. The van der Waals surface area contributed by atoms with Gasteiger partial charge in [-0.05, 0) is 20.2 Å². The van der Waals surface area contributed by atoms with E-state index in [4.69, 9.17) is 4.74 Å². The molecule has 0 bridgehead atoms. The average molecular weight is 222 g/mol. The second-order valence-electron chi connectivity index (χ2n) is 4.06. The Hall–Kier alpha value is -1.04. The molecule has 1 saturated heterocycles. The van der Waals surface area contributed by atoms with Gasteiger partial charge >= 0.3 is 0 Å². The van der Waals surface area contributed by atoms with Crippen molar-refractivity contribution in [1.29, 1.82) is 0 Å². The van der Waals surface area contributed by atoms with E-state index in [1.54, 1.807) is 6.20 Å². The number of hydrogen-bond acceptors (Lipinski definition) is 5. The average Bonchev–Trinajstić information content (AvgIpc) is 2.30. The Bertz CT molecular complexity index is 345. The molecule has 1 aromatic heterocycles. The Kier molecular flexibility index (Phi) is 3.82. The summed E-state index contributed by atoms with van der Waals surface area (Å²) in [4.78, 5) is 11.0. The van der Waals surface area contributed by atoms with Crippen molar-refractivity contribution in [3.8, 4) is 0 Å². The molecule has 0 spiro atoms. The van der Waals surface area contributed by atoms with E-state index in [0.717, 1.165) is 37.8 Å². The summed E-state index contributed by atoms with van der Waals surface area (Å²) in [6.07, 6.45) is 1.81. The predicted octanol–water partition coefficient (Wildman–Crippen LogP) is 0.199. The van der Waals surface area contributed by atoms with Crippen molar-refractivity contribution in [3.63, 3.8) is 0 Å². The molecule has 1 aliphatic heterocycles. The van der Waals surface area contributed by atoms with E-state index >= 15 is 0 Å². The first-order valence-corrected chi connectivity index (χ1v) is 5.56. The van der Waals surface area contributed by atoms with Crippen molar-refractivity contribution < 1.29 is 4.74 Å². The van der Waals surface area contributed by atoms with Crippen LogP contribution >= 0.6 is 0 Å². The Morgan fingerprint density at radius 3 is 3.25 bits per heavy atom. The molecule has 5 nitrogen and oxygen atoms in total. The minimum Gasteiger partial charge on any atom is -0.368 e. The molecule has 1 unspecified atom stereocenters. The standard InChI is InChI=1S/C11H18N4O/c1-12-7-9-3-4-13-11(14-9)10-8-15(2)5-6-16-10/h3-4,10,12H,5-8H2,1-2H3. The van der Waals surface area contributed by atoms with Gasteiger partial charge in [-0.3, -0.25) is 0 Å². The van der Waals surface area contributed by atoms with Crippen LogP contribution in [-0.4, -0.2) is 48.7 Å². The quantitative estimate of drug-likeness (QED) is 0.791. The van der Waals surface area contributed by atoms with Crippen LogP contribution in [0, 0.1) is 0 Å². The number of morpholine rings is 1. The van der Waals surface area contributed by atoms with E-state index in [0.29, 0.717) is 0 Å². The van der Waals surface area contributed by atoms with Gasteiger partial charge in [-0.1, -0.05) is 0 Å². The van der Waals surface area contributed by atoms with Gasteiger partial charge in [-0.2, -0.15) is 0 Å². The van der Waals surface area contributed by atoms with Gasteiger partial charge in [0.1, 0.15) is 6.10 Å². The normalized spacial score (nSPS) is 22.2. The summed E-state index contributed by atoms with van der Waals surface area (Å²) in [6.45, 7) is 3.36. The third-order valence-electron chi connectivity index (χ3n) is 2.65. The summed E-state index contributed by atoms with van der Waals surface area (Å²) < 4.78 is 5.68. The van der Waals surface area contributed by atoms with Gasteiger partial charge in [0, 0.05) is 25.8 Å². The third-order valence-corrected chi connectivity index (χ3v) is 2.65. The third kappa shape index (κ3) is 2.75. The fraction of sp³-hybridized carbons (Fsp3) is 0.636. The number of likely N-dealkylation sites (N-methyl/N-ethyl adjacent to an activating group) is 1. The van der Waals surface area contributed by atoms with Crippen LogP contribution in [0.4, 0.5) is 0 Å². The molecule has 0 aliphatic carbocycles. The van der Waals surface area contributed by atoms with Crippen molar-refractivity contribution in [2.45, 2.75) is 12.6 Å². The maximum atomic E-state index is 5.68. The van der Waals surface area contributed by atoms with Gasteiger partial charge in [0.05, 0.1) is 12.3 Å². The molecule has 1 atom stereocenters. The summed E-state index contributed by atoms with van der Waals surface area (Å²) in [5, 5.41) is 3.08. The molecule has 16 heavy (non-hydrogen) atoms. The Morgan fingerprint density at radius 2 is 2.50 bits per heavy atom. The van der Waals surface area contributed by atoms with E-state index in [1.165, 1.54) is 0 Å². The van der Waals surface area contributed by atoms with Gasteiger partial charge in [-0.15, -0.1) is 0 Å². The van der Waals surface area contributed by atoms with Crippen LogP contribution < -0.4 is 5.32 Å². The monoisotopic (exact) mass is 222 g/mol. The van der Waals surface area contributed by atoms with Gasteiger partial charge in [0.2, 0.25) is 0 Å². The highest BCUT2D eigenvalue weighted by Gasteiger charge is 2.21. The first kappa shape index (κ1) is 11.4. The fourth-order valence-corrected chi connectivity index (χ4v) is 1.78. The lowest BCUT2D eigenvalue weighted by Crippen LogP contribution is -2.36. The number of nitrogens with zero attached hydrogens (tertiary/aromatic N) is 3. The van der Waals surface area contributed by atoms with Crippen LogP contribution in [0.1, 0.15) is 17.6 Å². The maximum Gasteiger partial charge on any atom is 0.158 e. The highest BCUT2D eigenvalue weighted by molar-refractivity contribution is 5.04. The number of hydrogen-bond donors (Lipinski definition) is 1. The number of rotatable bonds is 3. The van der Waals surface area contributed by atoms with Crippen molar-refractivity contribution in [2.24, 2.45) is 0 Å². The Balaban J connectivity index is 2.09. The molecule has 2 rings (SSSR count). The van der Waals surface area contributed by atoms with E-state index in [-0.39, 0.29) is 6.10 Å². The molecule has 88 valence electrons. The first-order valence-electron chi connectivity index (χ1n) is 5.56. The SMILES string of the molecule is CNCc1ccnc(C2CN(C)CCO2)n1. The van der Waals surface area contributed by atoms with E-state index in [9.17, 15) is 0 Å². The van der Waals surface area contributed by atoms with Crippen molar-refractivity contribution >= 4 is 0 Å². The summed E-state index contributed by atoms with van der Waals surface area (Å²) in [7, 11) is 4.00. The van der Waals surface area contributed by atoms with Crippen LogP contribution in [0.3, 0.4) is 0 Å². The molecule has 0 saturated carbocycles. The van der Waals surface area contributed by atoms with Gasteiger partial charge < -0.3 is 15.0 Å². The Morgan fingerprint density at radius 1 is 1.62 bits per heavy atom. The van der Waals surface area contributed by atoms with E-state index in [1.807, 2.05) is 13.1 Å². The van der Waals surface area contributed by atoms with Crippen LogP contribution in [0.2, 0.25) is 0 Å². The molecule has 1 fully saturated rings. The zero-order valence-electron chi connectivity index (χ0n) is 9.81. The zero-order valence-corrected chi connectivity index (χ0v) is 9.81. The minimum atomic E-state index is 0.00977. The molecule has 1 aromatic rings. The first-order chi connectivity index (χ1) is 7.79. The number of ether oxygens (including phenoxy) is 1. The molecule has 0 radical (unpaired) electrons. The molecule has 5 heteroatoms. The smallest absolute Gasteiger partial charge is 0.158 e. The summed E-state index contributed by atoms with van der Waals surface area (Å²) >= 11 is 0. The fourth-order valence-electron chi connectivity index (χ4n) is 1.78. The van der Waals surface area contributed by atoms with Crippen molar-refractivity contribution in [3.05, 3.63) is 23.8 Å². The van der Waals surface area contributed by atoms with Crippen molar-refractivity contribution in [2.75, 3.05) is 33.8 Å². The van der Waals surface area contributed by atoms with E-state index < -0.39 is 0 Å². The molecular weight excluding hydrogens is 204 g/mol. The largest absolute Gasteiger partial charge is 0.368 e. The second-order valence-corrected chi connectivity index (χ2v) is 4.06. The van der Waals surface area contributed by atoms with Crippen LogP contribution in [0.5, 0.6) is 0 Å². The van der Waals surface area contributed by atoms with Crippen molar-refractivity contribution in [1.82, 2.24) is 20.2 Å². The minimum absolute atomic E-state index is 0.00977. The summed E-state index contributed by atoms with van der Waals surface area (Å²) in [5.41, 5.74) is 1.00. The summed E-state index contributed by atoms with van der Waals surface area (Å²) in [6, 6.07) is 1.92. The lowest BCUT2D eigenvalue weighted by molar-refractivity contribution is -0.0256. The molecule has 0 aromatic carbocycles. The highest BCUT2D eigenvalue weighted by Crippen LogP contribution is 2.17. The molecular formula is C11H18N4O. The van der Waals surface area contributed by atoms with Gasteiger partial charge in [0.25, 0.3) is 0 Å². The lowest BCUT2D eigenvalue weighted by atomic mass is 10.2. The van der Waals surface area contributed by atoms with Crippen LogP contribution in [0.25, 0.3) is 0 Å². The number of aromatic nitrogens is 2. The van der Waals surface area contributed by atoms with Crippen LogP contribution in [0.15, 0.2) is 12.3 Å². The van der Waals surface area contributed by atoms with Gasteiger partial charge in [0.15, 0.2) is 5.82 Å². The summed E-state index contributed by atoms with van der Waals surface area (Å²) in [5.74, 6) is 0.791. The molecule has 1 aliphatic rings. The molecule has 0 amide bonds.